The Labute approximate surface area is 175 Å². The van der Waals surface area contributed by atoms with E-state index in [9.17, 15) is 4.79 Å². The maximum Gasteiger partial charge on any atom is 0.267 e. The minimum absolute atomic E-state index is 0.238. The van der Waals surface area contributed by atoms with Crippen molar-refractivity contribution in [1.29, 1.82) is 0 Å². The van der Waals surface area contributed by atoms with Gasteiger partial charge in [-0.2, -0.15) is 0 Å². The highest BCUT2D eigenvalue weighted by Gasteiger charge is 2.17. The molecule has 6 heteroatoms. The lowest BCUT2D eigenvalue weighted by Crippen LogP contribution is -2.10. The Morgan fingerprint density at radius 3 is 2.66 bits per heavy atom. The zero-order valence-corrected chi connectivity index (χ0v) is 17.0. The fourth-order valence-corrected chi connectivity index (χ4v) is 4.58. The van der Waals surface area contributed by atoms with E-state index in [-0.39, 0.29) is 5.91 Å². The topological polar surface area (TPSA) is 55.1 Å². The predicted octanol–water partition coefficient (Wildman–Crippen LogP) is 6.92. The Bertz CT molecular complexity index is 1370. The van der Waals surface area contributed by atoms with E-state index in [2.05, 4.69) is 10.3 Å². The van der Waals surface area contributed by atoms with E-state index in [4.69, 9.17) is 16.0 Å². The van der Waals surface area contributed by atoms with Crippen LogP contribution in [0.3, 0.4) is 0 Å². The Morgan fingerprint density at radius 2 is 1.86 bits per heavy atom. The van der Waals surface area contributed by atoms with Gasteiger partial charge in [0.25, 0.3) is 5.91 Å². The molecular formula is C23H15ClN2O2S. The average Bonchev–Trinajstić information content (AvgIpc) is 3.30. The number of anilines is 1. The molecule has 0 fully saturated rings. The zero-order chi connectivity index (χ0) is 20.0. The number of amides is 1. The highest BCUT2D eigenvalue weighted by molar-refractivity contribution is 7.21. The van der Waals surface area contributed by atoms with Crippen LogP contribution in [-0.4, -0.2) is 10.9 Å². The molecule has 2 aromatic heterocycles. The zero-order valence-electron chi connectivity index (χ0n) is 15.4. The van der Waals surface area contributed by atoms with Crippen molar-refractivity contribution < 1.29 is 9.21 Å². The van der Waals surface area contributed by atoms with E-state index >= 15 is 0 Å². The quantitative estimate of drug-likeness (QED) is 0.346. The summed E-state index contributed by atoms with van der Waals surface area (Å²) in [5.41, 5.74) is 4.07. The van der Waals surface area contributed by atoms with Crippen LogP contribution in [0.2, 0.25) is 5.02 Å². The minimum Gasteiger partial charge on any atom is -0.436 e. The number of oxazole rings is 1. The largest absolute Gasteiger partial charge is 0.436 e. The number of fused-ring (bicyclic) bond motifs is 2. The van der Waals surface area contributed by atoms with Crippen molar-refractivity contribution in [2.45, 2.75) is 6.92 Å². The molecule has 0 saturated heterocycles. The molecule has 0 aliphatic rings. The van der Waals surface area contributed by atoms with Crippen LogP contribution >= 0.6 is 22.9 Å². The maximum absolute atomic E-state index is 12.8. The van der Waals surface area contributed by atoms with Crippen LogP contribution in [0.25, 0.3) is 32.6 Å². The first kappa shape index (κ1) is 17.9. The van der Waals surface area contributed by atoms with Gasteiger partial charge >= 0.3 is 0 Å². The summed E-state index contributed by atoms with van der Waals surface area (Å²) in [5.74, 6) is 0.314. The van der Waals surface area contributed by atoms with Gasteiger partial charge < -0.3 is 9.73 Å². The van der Waals surface area contributed by atoms with Gasteiger partial charge in [-0.3, -0.25) is 4.79 Å². The minimum atomic E-state index is -0.238. The Morgan fingerprint density at radius 1 is 1.07 bits per heavy atom. The fourth-order valence-electron chi connectivity index (χ4n) is 3.17. The smallest absolute Gasteiger partial charge is 0.267 e. The molecule has 142 valence electrons. The highest BCUT2D eigenvalue weighted by Crippen LogP contribution is 2.35. The number of carbonyl (C=O) groups is 1. The third kappa shape index (κ3) is 3.28. The molecule has 0 spiro atoms. The summed E-state index contributed by atoms with van der Waals surface area (Å²) in [6.45, 7) is 2.04. The van der Waals surface area contributed by atoms with E-state index in [1.54, 1.807) is 12.1 Å². The maximum atomic E-state index is 12.8. The lowest BCUT2D eigenvalue weighted by Gasteiger charge is -2.03. The van der Waals surface area contributed by atoms with Gasteiger partial charge in [0.1, 0.15) is 10.4 Å². The van der Waals surface area contributed by atoms with Gasteiger partial charge in [0, 0.05) is 21.3 Å². The summed E-state index contributed by atoms with van der Waals surface area (Å²) in [6, 6.07) is 21.1. The van der Waals surface area contributed by atoms with E-state index in [0.717, 1.165) is 15.6 Å². The summed E-state index contributed by atoms with van der Waals surface area (Å²) in [5, 5.41) is 4.28. The summed E-state index contributed by atoms with van der Waals surface area (Å²) >= 11 is 7.80. The molecule has 4 nitrogen and oxygen atoms in total. The van der Waals surface area contributed by atoms with Crippen molar-refractivity contribution in [2.75, 3.05) is 5.32 Å². The second-order valence-corrected chi connectivity index (χ2v) is 8.19. The normalized spacial score (nSPS) is 11.2. The molecule has 0 aliphatic carbocycles. The molecular weight excluding hydrogens is 404 g/mol. The summed E-state index contributed by atoms with van der Waals surface area (Å²) < 4.78 is 6.84. The van der Waals surface area contributed by atoms with Gasteiger partial charge in [-0.1, -0.05) is 47.5 Å². The molecule has 0 bridgehead atoms. The Balaban J connectivity index is 1.45. The number of carbonyl (C=O) groups excluding carboxylic acids is 1. The van der Waals surface area contributed by atoms with E-state index in [1.165, 1.54) is 16.9 Å². The first-order chi connectivity index (χ1) is 14.1. The lowest BCUT2D eigenvalue weighted by molar-refractivity contribution is 0.103. The van der Waals surface area contributed by atoms with Crippen LogP contribution in [0, 0.1) is 6.92 Å². The molecule has 0 aliphatic heterocycles. The van der Waals surface area contributed by atoms with Crippen molar-refractivity contribution in [3.05, 3.63) is 82.2 Å². The van der Waals surface area contributed by atoms with E-state index in [1.807, 2.05) is 61.5 Å². The molecule has 3 aromatic carbocycles. The van der Waals surface area contributed by atoms with Gasteiger partial charge in [0.15, 0.2) is 5.58 Å². The summed E-state index contributed by atoms with van der Waals surface area (Å²) in [4.78, 5) is 17.8. The van der Waals surface area contributed by atoms with Crippen molar-refractivity contribution in [3.8, 4) is 11.5 Å². The monoisotopic (exact) mass is 418 g/mol. The number of halogens is 1. The number of benzene rings is 3. The van der Waals surface area contributed by atoms with Crippen molar-refractivity contribution in [3.63, 3.8) is 0 Å². The van der Waals surface area contributed by atoms with Crippen molar-refractivity contribution in [2.24, 2.45) is 0 Å². The number of rotatable bonds is 3. The predicted molar refractivity (Wildman–Crippen MR) is 119 cm³/mol. The molecule has 0 radical (unpaired) electrons. The fraction of sp³-hybridized carbons (Fsp3) is 0.0435. The van der Waals surface area contributed by atoms with Crippen LogP contribution in [0.5, 0.6) is 0 Å². The molecule has 5 rings (SSSR count). The van der Waals surface area contributed by atoms with Crippen LogP contribution in [0.15, 0.2) is 71.1 Å². The number of thiophene rings is 1. The molecule has 1 N–H and O–H groups in total. The third-order valence-electron chi connectivity index (χ3n) is 4.69. The molecule has 0 atom stereocenters. The van der Waals surface area contributed by atoms with E-state index in [0.29, 0.717) is 32.6 Å². The number of aryl methyl sites for hydroxylation is 1. The van der Waals surface area contributed by atoms with Gasteiger partial charge in [0.05, 0.1) is 5.02 Å². The van der Waals surface area contributed by atoms with Crippen LogP contribution in [0.1, 0.15) is 15.2 Å². The third-order valence-corrected chi connectivity index (χ3v) is 6.36. The number of aromatic nitrogens is 1. The number of hydrogen-bond acceptors (Lipinski definition) is 4. The molecule has 29 heavy (non-hydrogen) atoms. The first-order valence-electron chi connectivity index (χ1n) is 9.04. The SMILES string of the molecule is Cc1ccc(-c2nc3cc(NC(=O)c4sc5ccccc5c4Cl)ccc3o2)cc1. The van der Waals surface area contributed by atoms with Crippen LogP contribution in [-0.2, 0) is 0 Å². The van der Waals surface area contributed by atoms with Gasteiger partial charge in [-0.15, -0.1) is 11.3 Å². The number of nitrogens with zero attached hydrogens (tertiary/aromatic N) is 1. The van der Waals surface area contributed by atoms with Gasteiger partial charge in [-0.05, 0) is 43.3 Å². The second kappa shape index (κ2) is 7.03. The summed E-state index contributed by atoms with van der Waals surface area (Å²) in [7, 11) is 0. The van der Waals surface area contributed by atoms with Crippen molar-refractivity contribution in [1.82, 2.24) is 4.98 Å². The summed E-state index contributed by atoms with van der Waals surface area (Å²) in [6.07, 6.45) is 0. The molecule has 2 heterocycles. The number of hydrogen-bond donors (Lipinski definition) is 1. The molecule has 0 unspecified atom stereocenters. The molecule has 1 amide bonds. The first-order valence-corrected chi connectivity index (χ1v) is 10.2. The average molecular weight is 419 g/mol. The van der Waals surface area contributed by atoms with Crippen LogP contribution < -0.4 is 5.32 Å². The van der Waals surface area contributed by atoms with Gasteiger partial charge in [0.2, 0.25) is 5.89 Å². The van der Waals surface area contributed by atoms with Gasteiger partial charge in [-0.25, -0.2) is 4.98 Å². The highest BCUT2D eigenvalue weighted by atomic mass is 35.5. The molecule has 0 saturated carbocycles. The van der Waals surface area contributed by atoms with E-state index < -0.39 is 0 Å². The lowest BCUT2D eigenvalue weighted by atomic mass is 10.1. The second-order valence-electron chi connectivity index (χ2n) is 6.76. The Hall–Kier alpha value is -3.15. The van der Waals surface area contributed by atoms with Crippen molar-refractivity contribution >= 4 is 55.7 Å². The molecule has 5 aromatic rings. The van der Waals surface area contributed by atoms with Crippen LogP contribution in [0.4, 0.5) is 5.69 Å². The Kier molecular flexibility index (Phi) is 4.34. The number of nitrogens with one attached hydrogen (secondary N) is 1. The standard InChI is InChI=1S/C23H15ClN2O2S/c1-13-6-8-14(9-7-13)23-26-17-12-15(10-11-18(17)28-23)25-22(27)21-20(24)16-4-2-3-5-19(16)29-21/h2-12H,1H3,(H,25,27).